The summed E-state index contributed by atoms with van der Waals surface area (Å²) in [5.74, 6) is 0.793. The first kappa shape index (κ1) is 12.8. The third-order valence-corrected chi connectivity index (χ3v) is 3.86. The maximum absolute atomic E-state index is 6.26. The van der Waals surface area contributed by atoms with Gasteiger partial charge in [0.15, 0.2) is 0 Å². The number of rotatable bonds is 2. The van der Waals surface area contributed by atoms with Gasteiger partial charge in [-0.25, -0.2) is 4.98 Å². The third-order valence-electron chi connectivity index (χ3n) is 3.37. The predicted octanol–water partition coefficient (Wildman–Crippen LogP) is 3.17. The number of halogens is 2. The molecule has 1 saturated carbocycles. The van der Waals surface area contributed by atoms with E-state index in [1.807, 2.05) is 0 Å². The zero-order valence-electron chi connectivity index (χ0n) is 10.1. The number of nitrogens with zero attached hydrogens (tertiary/aromatic N) is 3. The second kappa shape index (κ2) is 4.74. The van der Waals surface area contributed by atoms with Crippen molar-refractivity contribution < 1.29 is 4.52 Å². The fraction of sp³-hybridized carbons (Fsp3) is 0.417. The minimum atomic E-state index is -0.510. The number of pyridine rings is 1. The summed E-state index contributed by atoms with van der Waals surface area (Å²) in [7, 11) is 0. The van der Waals surface area contributed by atoms with Gasteiger partial charge in [0.05, 0.1) is 15.6 Å². The molecule has 2 heterocycles. The van der Waals surface area contributed by atoms with Crippen molar-refractivity contribution in [3.63, 3.8) is 0 Å². The summed E-state index contributed by atoms with van der Waals surface area (Å²) in [6, 6.07) is 1.59. The van der Waals surface area contributed by atoms with Gasteiger partial charge >= 0.3 is 0 Å². The Balaban J connectivity index is 1.97. The topological polar surface area (TPSA) is 77.8 Å². The molecule has 7 heteroatoms. The lowest BCUT2D eigenvalue weighted by Crippen LogP contribution is -2.33. The highest BCUT2D eigenvalue weighted by Gasteiger charge is 2.37. The van der Waals surface area contributed by atoms with Crippen LogP contribution in [0.5, 0.6) is 0 Å². The van der Waals surface area contributed by atoms with E-state index in [1.54, 1.807) is 6.07 Å². The van der Waals surface area contributed by atoms with Crippen molar-refractivity contribution in [2.75, 3.05) is 0 Å². The summed E-state index contributed by atoms with van der Waals surface area (Å²) in [6.45, 7) is 0. The molecule has 2 aromatic heterocycles. The van der Waals surface area contributed by atoms with E-state index in [0.717, 1.165) is 25.7 Å². The predicted molar refractivity (Wildman–Crippen MR) is 71.9 cm³/mol. The first-order valence-electron chi connectivity index (χ1n) is 6.03. The number of aromatic nitrogens is 3. The van der Waals surface area contributed by atoms with Crippen molar-refractivity contribution in [1.29, 1.82) is 0 Å². The first-order valence-corrected chi connectivity index (χ1v) is 6.79. The number of hydrogen-bond acceptors (Lipinski definition) is 5. The molecule has 0 radical (unpaired) electrons. The lowest BCUT2D eigenvalue weighted by molar-refractivity contribution is 0.285. The van der Waals surface area contributed by atoms with E-state index in [4.69, 9.17) is 33.5 Å². The molecule has 0 aromatic carbocycles. The van der Waals surface area contributed by atoms with Crippen LogP contribution in [0, 0.1) is 0 Å². The summed E-state index contributed by atoms with van der Waals surface area (Å²) < 4.78 is 5.27. The average molecular weight is 299 g/mol. The maximum atomic E-state index is 6.26. The highest BCUT2D eigenvalue weighted by atomic mass is 35.5. The molecular formula is C12H12Cl2N4O. The largest absolute Gasteiger partial charge is 0.337 e. The van der Waals surface area contributed by atoms with Crippen LogP contribution in [0.4, 0.5) is 0 Å². The standard InChI is InChI=1S/C12H12Cl2N4O/c13-7-5-8(14)9(16-6-7)10-17-11(19-18-10)12(15)3-1-2-4-12/h5-6H,1-4,15H2. The van der Waals surface area contributed by atoms with Crippen molar-refractivity contribution in [2.24, 2.45) is 5.73 Å². The molecular weight excluding hydrogens is 287 g/mol. The van der Waals surface area contributed by atoms with Gasteiger partial charge in [0.25, 0.3) is 0 Å². The highest BCUT2D eigenvalue weighted by Crippen LogP contribution is 2.36. The summed E-state index contributed by atoms with van der Waals surface area (Å²) in [5, 5.41) is 4.76. The molecule has 2 N–H and O–H groups in total. The van der Waals surface area contributed by atoms with Crippen LogP contribution in [0.2, 0.25) is 10.0 Å². The van der Waals surface area contributed by atoms with Crippen LogP contribution in [0.1, 0.15) is 31.6 Å². The van der Waals surface area contributed by atoms with E-state index in [1.165, 1.54) is 6.20 Å². The summed E-state index contributed by atoms with van der Waals surface area (Å²) in [5.41, 5.74) is 6.20. The molecule has 1 fully saturated rings. The van der Waals surface area contributed by atoms with Crippen LogP contribution >= 0.6 is 23.2 Å². The zero-order chi connectivity index (χ0) is 13.5. The average Bonchev–Trinajstić information content (AvgIpc) is 2.99. The van der Waals surface area contributed by atoms with Gasteiger partial charge in [0, 0.05) is 6.20 Å². The molecule has 0 bridgehead atoms. The Labute approximate surface area is 120 Å². The normalized spacial score (nSPS) is 17.8. The monoisotopic (exact) mass is 298 g/mol. The van der Waals surface area contributed by atoms with E-state index < -0.39 is 5.54 Å². The van der Waals surface area contributed by atoms with Gasteiger partial charge in [-0.05, 0) is 18.9 Å². The second-order valence-corrected chi connectivity index (χ2v) is 5.61. The lowest BCUT2D eigenvalue weighted by Gasteiger charge is -2.17. The molecule has 0 saturated heterocycles. The minimum absolute atomic E-state index is 0.341. The number of nitrogens with two attached hydrogens (primary N) is 1. The smallest absolute Gasteiger partial charge is 0.247 e. The zero-order valence-corrected chi connectivity index (χ0v) is 11.6. The van der Waals surface area contributed by atoms with E-state index in [9.17, 15) is 0 Å². The molecule has 1 aliphatic rings. The van der Waals surface area contributed by atoms with Gasteiger partial charge in [-0.1, -0.05) is 41.2 Å². The van der Waals surface area contributed by atoms with E-state index >= 15 is 0 Å². The molecule has 100 valence electrons. The van der Waals surface area contributed by atoms with Crippen molar-refractivity contribution >= 4 is 23.2 Å². The summed E-state index contributed by atoms with van der Waals surface area (Å²) >= 11 is 11.9. The molecule has 19 heavy (non-hydrogen) atoms. The van der Waals surface area contributed by atoms with Crippen LogP contribution in [-0.4, -0.2) is 15.1 Å². The molecule has 2 aromatic rings. The molecule has 0 aliphatic heterocycles. The maximum Gasteiger partial charge on any atom is 0.247 e. The van der Waals surface area contributed by atoms with Gasteiger partial charge in [-0.3, -0.25) is 0 Å². The van der Waals surface area contributed by atoms with Crippen LogP contribution in [0.15, 0.2) is 16.8 Å². The van der Waals surface area contributed by atoms with Crippen molar-refractivity contribution in [3.8, 4) is 11.5 Å². The van der Waals surface area contributed by atoms with Gasteiger partial charge in [0.1, 0.15) is 5.69 Å². The molecule has 3 rings (SSSR count). The Bertz CT molecular complexity index is 608. The highest BCUT2D eigenvalue weighted by molar-refractivity contribution is 6.35. The first-order chi connectivity index (χ1) is 9.08. The molecule has 0 unspecified atom stereocenters. The van der Waals surface area contributed by atoms with Crippen molar-refractivity contribution in [3.05, 3.63) is 28.2 Å². The second-order valence-electron chi connectivity index (χ2n) is 4.77. The van der Waals surface area contributed by atoms with E-state index in [0.29, 0.717) is 27.5 Å². The quantitative estimate of drug-likeness (QED) is 0.921. The van der Waals surface area contributed by atoms with Gasteiger partial charge in [0.2, 0.25) is 11.7 Å². The summed E-state index contributed by atoms with van der Waals surface area (Å²) in [4.78, 5) is 8.45. The molecule has 5 nitrogen and oxygen atoms in total. The Morgan fingerprint density at radius 3 is 2.68 bits per heavy atom. The Morgan fingerprint density at radius 2 is 2.00 bits per heavy atom. The SMILES string of the molecule is NC1(c2nc(-c3ncc(Cl)cc3Cl)no2)CCCC1. The fourth-order valence-electron chi connectivity index (χ4n) is 2.32. The fourth-order valence-corrected chi connectivity index (χ4v) is 2.79. The van der Waals surface area contributed by atoms with Crippen LogP contribution < -0.4 is 5.73 Å². The van der Waals surface area contributed by atoms with Gasteiger partial charge in [-0.2, -0.15) is 4.98 Å². The van der Waals surface area contributed by atoms with E-state index in [2.05, 4.69) is 15.1 Å². The van der Waals surface area contributed by atoms with Crippen LogP contribution in [0.3, 0.4) is 0 Å². The number of hydrogen-bond donors (Lipinski definition) is 1. The van der Waals surface area contributed by atoms with Gasteiger partial charge in [-0.15, -0.1) is 0 Å². The third kappa shape index (κ3) is 2.33. The van der Waals surface area contributed by atoms with Gasteiger partial charge < -0.3 is 10.3 Å². The van der Waals surface area contributed by atoms with Crippen LogP contribution in [0.25, 0.3) is 11.5 Å². The minimum Gasteiger partial charge on any atom is -0.337 e. The molecule has 1 aliphatic carbocycles. The Kier molecular flexibility index (Phi) is 3.20. The Hall–Kier alpha value is -1.17. The molecule has 0 atom stereocenters. The lowest BCUT2D eigenvalue weighted by atomic mass is 9.99. The van der Waals surface area contributed by atoms with E-state index in [-0.39, 0.29) is 0 Å². The van der Waals surface area contributed by atoms with Crippen LogP contribution in [-0.2, 0) is 5.54 Å². The Morgan fingerprint density at radius 1 is 1.26 bits per heavy atom. The molecule has 0 amide bonds. The van der Waals surface area contributed by atoms with Crippen molar-refractivity contribution in [2.45, 2.75) is 31.2 Å². The summed E-state index contributed by atoms with van der Waals surface area (Å²) in [6.07, 6.45) is 5.36. The van der Waals surface area contributed by atoms with Crippen molar-refractivity contribution in [1.82, 2.24) is 15.1 Å². The molecule has 0 spiro atoms.